The molecule has 0 saturated carbocycles. The van der Waals surface area contributed by atoms with Gasteiger partial charge in [0.25, 0.3) is 6.09 Å². The van der Waals surface area contributed by atoms with Crippen LogP contribution in [-0.4, -0.2) is 36.9 Å². The van der Waals surface area contributed by atoms with Crippen molar-refractivity contribution in [2.24, 2.45) is 0 Å². The van der Waals surface area contributed by atoms with Crippen molar-refractivity contribution in [2.75, 3.05) is 26.8 Å². The highest BCUT2D eigenvalue weighted by Crippen LogP contribution is 2.09. The number of nitrogens with zero attached hydrogens (tertiary/aromatic N) is 1. The Hall–Kier alpha value is -0.320. The molecule has 1 unspecified atom stereocenters. The van der Waals surface area contributed by atoms with Crippen LogP contribution < -0.4 is 5.11 Å². The summed E-state index contributed by atoms with van der Waals surface area (Å²) >= 11 is 5.63. The number of carboxylic acid groups (broad SMARTS) is 1. The number of hydrogen-bond acceptors (Lipinski definition) is 3. The van der Waals surface area contributed by atoms with Gasteiger partial charge in [0, 0.05) is 7.11 Å². The van der Waals surface area contributed by atoms with Gasteiger partial charge in [0.15, 0.2) is 11.8 Å². The standard InChI is InChI=1S/C6H12ClNO3/c1-3-8(7,6(9)10)4-5-11-2/h3-5H2,1-2H3. The minimum Gasteiger partial charge on any atom is -0.497 e. The number of carbonyl (C=O) groups is 1. The number of amides is 1. The summed E-state index contributed by atoms with van der Waals surface area (Å²) in [5.74, 6) is 0. The number of likely N-dealkylation sites (N-methyl/N-ethyl adjacent to an activating group) is 1. The second-order valence-electron chi connectivity index (χ2n) is 2.16. The molecule has 0 spiro atoms. The normalized spacial score (nSPS) is 15.9. The lowest BCUT2D eigenvalue weighted by atomic mass is 10.5. The van der Waals surface area contributed by atoms with Gasteiger partial charge >= 0.3 is 0 Å². The molecule has 0 fully saturated rings. The van der Waals surface area contributed by atoms with Gasteiger partial charge in [0.05, 0.1) is 13.2 Å². The largest absolute Gasteiger partial charge is 0.497 e. The molecule has 1 atom stereocenters. The van der Waals surface area contributed by atoms with E-state index in [4.69, 9.17) is 16.5 Å². The van der Waals surface area contributed by atoms with Crippen molar-refractivity contribution >= 4 is 17.9 Å². The van der Waals surface area contributed by atoms with Crippen LogP contribution in [0.4, 0.5) is 4.79 Å². The van der Waals surface area contributed by atoms with E-state index in [9.17, 15) is 9.90 Å². The summed E-state index contributed by atoms with van der Waals surface area (Å²) in [6.07, 6.45) is -1.29. The molecule has 0 saturated heterocycles. The second kappa shape index (κ2) is 4.54. The lowest BCUT2D eigenvalue weighted by Gasteiger charge is -2.26. The first kappa shape index (κ1) is 10.7. The van der Waals surface area contributed by atoms with Crippen molar-refractivity contribution in [1.82, 2.24) is 0 Å². The number of carbonyl (C=O) groups excluding carboxylic acids is 1. The van der Waals surface area contributed by atoms with Crippen LogP contribution in [-0.2, 0) is 4.74 Å². The van der Waals surface area contributed by atoms with Crippen LogP contribution in [0.5, 0.6) is 0 Å². The summed E-state index contributed by atoms with van der Waals surface area (Å²) in [5.41, 5.74) is 0. The number of rotatable bonds is 4. The average Bonchev–Trinajstić information content (AvgIpc) is 2.00. The summed E-state index contributed by atoms with van der Waals surface area (Å²) in [6.45, 7) is 2.49. The first-order valence-electron chi connectivity index (χ1n) is 3.34. The second-order valence-corrected chi connectivity index (χ2v) is 2.81. The van der Waals surface area contributed by atoms with Crippen LogP contribution >= 0.6 is 11.8 Å². The molecule has 11 heavy (non-hydrogen) atoms. The molecular weight excluding hydrogens is 170 g/mol. The maximum Gasteiger partial charge on any atom is 0.276 e. The number of hydrogen-bond donors (Lipinski definition) is 0. The minimum absolute atomic E-state index is 0.219. The average molecular weight is 182 g/mol. The Kier molecular flexibility index (Phi) is 4.40. The number of halogens is 1. The monoisotopic (exact) mass is 181 g/mol. The first-order valence-corrected chi connectivity index (χ1v) is 3.68. The van der Waals surface area contributed by atoms with Gasteiger partial charge in [-0.1, -0.05) is 0 Å². The highest BCUT2D eigenvalue weighted by atomic mass is 35.5. The van der Waals surface area contributed by atoms with E-state index in [0.29, 0.717) is 6.61 Å². The zero-order chi connectivity index (χ0) is 8.91. The van der Waals surface area contributed by atoms with Gasteiger partial charge in [0.2, 0.25) is 0 Å². The zero-order valence-electron chi connectivity index (χ0n) is 6.67. The highest BCUT2D eigenvalue weighted by Gasteiger charge is 2.25. The third-order valence-corrected chi connectivity index (χ3v) is 2.02. The molecule has 0 aromatic rings. The van der Waals surface area contributed by atoms with Crippen LogP contribution in [0.1, 0.15) is 6.92 Å². The van der Waals surface area contributed by atoms with Gasteiger partial charge in [-0.15, -0.1) is 0 Å². The first-order chi connectivity index (χ1) is 5.06. The molecule has 0 aliphatic heterocycles. The summed E-state index contributed by atoms with van der Waals surface area (Å²) in [4.78, 5) is 10.4. The lowest BCUT2D eigenvalue weighted by molar-refractivity contribution is -0.764. The van der Waals surface area contributed by atoms with Crippen molar-refractivity contribution in [3.05, 3.63) is 0 Å². The van der Waals surface area contributed by atoms with E-state index < -0.39 is 10.1 Å². The van der Waals surface area contributed by atoms with Gasteiger partial charge in [-0.25, -0.2) is 0 Å². The van der Waals surface area contributed by atoms with Gasteiger partial charge < -0.3 is 14.6 Å². The van der Waals surface area contributed by atoms with E-state index in [1.807, 2.05) is 0 Å². The fourth-order valence-electron chi connectivity index (χ4n) is 0.614. The van der Waals surface area contributed by atoms with E-state index in [-0.39, 0.29) is 13.1 Å². The maximum absolute atomic E-state index is 10.4. The Labute approximate surface area is 71.0 Å². The van der Waals surface area contributed by atoms with Crippen LogP contribution in [0.3, 0.4) is 0 Å². The molecule has 0 rings (SSSR count). The van der Waals surface area contributed by atoms with Crippen molar-refractivity contribution < 1.29 is 18.6 Å². The number of ether oxygens (including phenoxy) is 1. The molecule has 0 radical (unpaired) electrons. The smallest absolute Gasteiger partial charge is 0.276 e. The fourth-order valence-corrected chi connectivity index (χ4v) is 0.683. The Morgan fingerprint density at radius 1 is 1.73 bits per heavy atom. The maximum atomic E-state index is 10.4. The van der Waals surface area contributed by atoms with E-state index >= 15 is 0 Å². The van der Waals surface area contributed by atoms with Crippen molar-refractivity contribution in [1.29, 1.82) is 0 Å². The molecule has 0 bridgehead atoms. The van der Waals surface area contributed by atoms with E-state index in [1.54, 1.807) is 6.92 Å². The summed E-state index contributed by atoms with van der Waals surface area (Å²) in [6, 6.07) is 0. The van der Waals surface area contributed by atoms with Crippen molar-refractivity contribution in [2.45, 2.75) is 6.92 Å². The van der Waals surface area contributed by atoms with Crippen molar-refractivity contribution in [3.8, 4) is 0 Å². The number of quaternary nitrogens is 1. The van der Waals surface area contributed by atoms with Gasteiger partial charge in [-0.05, 0) is 6.92 Å². The third kappa shape index (κ3) is 3.05. The Balaban J connectivity index is 3.99. The zero-order valence-corrected chi connectivity index (χ0v) is 7.43. The summed E-state index contributed by atoms with van der Waals surface area (Å²) in [5, 5.41) is 10.4. The SMILES string of the molecule is CC[N+](Cl)(CCOC)C(=O)[O-]. The minimum atomic E-state index is -1.29. The molecule has 0 heterocycles. The predicted molar refractivity (Wildman–Crippen MR) is 38.8 cm³/mol. The summed E-state index contributed by atoms with van der Waals surface area (Å²) < 4.78 is 4.08. The van der Waals surface area contributed by atoms with Crippen molar-refractivity contribution in [3.63, 3.8) is 0 Å². The van der Waals surface area contributed by atoms with E-state index in [1.165, 1.54) is 7.11 Å². The molecule has 0 N–H and O–H groups in total. The quantitative estimate of drug-likeness (QED) is 0.573. The van der Waals surface area contributed by atoms with Gasteiger partial charge in [0.1, 0.15) is 6.54 Å². The third-order valence-electron chi connectivity index (χ3n) is 1.48. The Morgan fingerprint density at radius 2 is 2.27 bits per heavy atom. The fraction of sp³-hybridized carbons (Fsp3) is 0.833. The van der Waals surface area contributed by atoms with Gasteiger partial charge in [-0.2, -0.15) is 4.00 Å². The lowest BCUT2D eigenvalue weighted by Crippen LogP contribution is -2.53. The Bertz CT molecular complexity index is 142. The van der Waals surface area contributed by atoms with Crippen LogP contribution in [0, 0.1) is 0 Å². The molecule has 66 valence electrons. The van der Waals surface area contributed by atoms with Crippen LogP contribution in [0.25, 0.3) is 0 Å². The van der Waals surface area contributed by atoms with E-state index in [2.05, 4.69) is 0 Å². The topological polar surface area (TPSA) is 49.4 Å². The Morgan fingerprint density at radius 3 is 2.55 bits per heavy atom. The number of methoxy groups -OCH3 is 1. The molecule has 0 aromatic carbocycles. The predicted octanol–water partition coefficient (Wildman–Crippen LogP) is -0.0334. The van der Waals surface area contributed by atoms with Crippen LogP contribution in [0.15, 0.2) is 0 Å². The molecule has 5 heteroatoms. The molecule has 1 amide bonds. The molecule has 0 aliphatic carbocycles. The van der Waals surface area contributed by atoms with Crippen LogP contribution in [0.2, 0.25) is 0 Å². The molecule has 0 aliphatic rings. The molecule has 0 aromatic heterocycles. The van der Waals surface area contributed by atoms with E-state index in [0.717, 1.165) is 0 Å². The summed E-state index contributed by atoms with van der Waals surface area (Å²) in [7, 11) is 1.49. The molecule has 4 nitrogen and oxygen atoms in total. The van der Waals surface area contributed by atoms with Gasteiger partial charge in [-0.3, -0.25) is 0 Å². The molecular formula is C6H12ClNO3. The highest BCUT2D eigenvalue weighted by molar-refractivity contribution is 6.10.